The number of halogens is 3. The van der Waals surface area contributed by atoms with Gasteiger partial charge in [0, 0.05) is 6.04 Å². The van der Waals surface area contributed by atoms with Gasteiger partial charge in [-0.05, 0) is 36.1 Å². The molecule has 0 saturated carbocycles. The second-order valence-corrected chi connectivity index (χ2v) is 6.18. The number of thioether (sulfide) groups is 1. The number of hydrogen-bond acceptors (Lipinski definition) is 5. The number of aliphatic hydroxyl groups is 1. The van der Waals surface area contributed by atoms with E-state index in [4.69, 9.17) is 5.73 Å². The second-order valence-electron chi connectivity index (χ2n) is 4.79. The van der Waals surface area contributed by atoms with Crippen LogP contribution in [-0.4, -0.2) is 34.7 Å². The van der Waals surface area contributed by atoms with E-state index in [0.717, 1.165) is 17.9 Å². The molecule has 0 bridgehead atoms. The number of nitrogens with one attached hydrogen (secondary N) is 2. The Balaban J connectivity index is 2.52. The van der Waals surface area contributed by atoms with Gasteiger partial charge in [-0.1, -0.05) is 13.0 Å². The number of benzene rings is 1. The molecule has 5 N–H and O–H groups in total. The first-order chi connectivity index (χ1) is 10.8. The molecular formula is C14H20F3N3O2S. The third-order valence-electron chi connectivity index (χ3n) is 2.99. The molecule has 0 heterocycles. The fourth-order valence-electron chi connectivity index (χ4n) is 1.70. The van der Waals surface area contributed by atoms with E-state index in [1.165, 1.54) is 12.1 Å². The van der Waals surface area contributed by atoms with Crippen molar-refractivity contribution in [2.45, 2.75) is 31.7 Å². The van der Waals surface area contributed by atoms with Crippen molar-refractivity contribution in [2.75, 3.05) is 16.9 Å². The van der Waals surface area contributed by atoms with Gasteiger partial charge < -0.3 is 10.8 Å². The molecule has 2 atom stereocenters. The molecule has 0 radical (unpaired) electrons. The van der Waals surface area contributed by atoms with E-state index < -0.39 is 29.8 Å². The summed E-state index contributed by atoms with van der Waals surface area (Å²) in [4.78, 5) is 11.7. The van der Waals surface area contributed by atoms with Gasteiger partial charge in [-0.2, -0.15) is 24.9 Å². The van der Waals surface area contributed by atoms with Gasteiger partial charge in [-0.3, -0.25) is 15.6 Å². The van der Waals surface area contributed by atoms with Gasteiger partial charge in [0.15, 0.2) is 0 Å². The van der Waals surface area contributed by atoms with Crippen LogP contribution in [0.15, 0.2) is 24.3 Å². The Morgan fingerprint density at radius 2 is 2.13 bits per heavy atom. The van der Waals surface area contributed by atoms with Crippen LogP contribution in [0.25, 0.3) is 0 Å². The van der Waals surface area contributed by atoms with Crippen LogP contribution in [0.1, 0.15) is 18.9 Å². The van der Waals surface area contributed by atoms with Crippen LogP contribution in [0.2, 0.25) is 0 Å². The van der Waals surface area contributed by atoms with Crippen LogP contribution >= 0.6 is 11.8 Å². The Hall–Kier alpha value is -1.45. The highest BCUT2D eigenvalue weighted by molar-refractivity contribution is 7.99. The summed E-state index contributed by atoms with van der Waals surface area (Å²) in [5.74, 6) is 0.825. The molecule has 1 aromatic carbocycles. The number of carbonyl (C=O) groups excluding carboxylic acids is 1. The largest absolute Gasteiger partial charge is 0.416 e. The Morgan fingerprint density at radius 1 is 1.43 bits per heavy atom. The lowest BCUT2D eigenvalue weighted by atomic mass is 10.1. The van der Waals surface area contributed by atoms with Crippen molar-refractivity contribution in [3.63, 3.8) is 0 Å². The van der Waals surface area contributed by atoms with Crippen LogP contribution < -0.4 is 16.6 Å². The molecule has 23 heavy (non-hydrogen) atoms. The van der Waals surface area contributed by atoms with Gasteiger partial charge in [0.1, 0.15) is 6.10 Å². The molecule has 0 aliphatic rings. The average molecular weight is 351 g/mol. The summed E-state index contributed by atoms with van der Waals surface area (Å²) in [5.41, 5.74) is 9.41. The predicted molar refractivity (Wildman–Crippen MR) is 84.8 cm³/mol. The van der Waals surface area contributed by atoms with E-state index in [9.17, 15) is 23.1 Å². The number of anilines is 1. The van der Waals surface area contributed by atoms with Gasteiger partial charge in [0.05, 0.1) is 11.3 Å². The zero-order chi connectivity index (χ0) is 17.5. The van der Waals surface area contributed by atoms with Crippen molar-refractivity contribution in [3.05, 3.63) is 29.8 Å². The first kappa shape index (κ1) is 19.6. The molecule has 1 aromatic rings. The third-order valence-corrected chi connectivity index (χ3v) is 3.93. The Kier molecular flexibility index (Phi) is 7.66. The van der Waals surface area contributed by atoms with E-state index in [1.807, 2.05) is 6.92 Å². The maximum absolute atomic E-state index is 12.6. The molecule has 0 aliphatic heterocycles. The fourth-order valence-corrected chi connectivity index (χ4v) is 2.42. The van der Waals surface area contributed by atoms with Crippen LogP contribution in [0.5, 0.6) is 0 Å². The highest BCUT2D eigenvalue weighted by Gasteiger charge is 2.30. The van der Waals surface area contributed by atoms with E-state index in [2.05, 4.69) is 10.9 Å². The molecule has 0 aliphatic carbocycles. The molecule has 0 fully saturated rings. The van der Waals surface area contributed by atoms with Crippen LogP contribution in [0.4, 0.5) is 18.9 Å². The SMILES string of the molecule is CCSCC[C@@H](N)C(O)C(=O)NNc1cccc(C(F)(F)F)c1. The maximum atomic E-state index is 12.6. The van der Waals surface area contributed by atoms with Gasteiger partial charge in [-0.15, -0.1) is 0 Å². The molecule has 1 rings (SSSR count). The van der Waals surface area contributed by atoms with Crippen molar-refractivity contribution in [1.29, 1.82) is 0 Å². The minimum atomic E-state index is -4.47. The minimum Gasteiger partial charge on any atom is -0.382 e. The van der Waals surface area contributed by atoms with Gasteiger partial charge >= 0.3 is 6.18 Å². The lowest BCUT2D eigenvalue weighted by Gasteiger charge is -2.19. The van der Waals surface area contributed by atoms with E-state index in [0.29, 0.717) is 12.2 Å². The summed E-state index contributed by atoms with van der Waals surface area (Å²) in [6.45, 7) is 1.98. The topological polar surface area (TPSA) is 87.4 Å². The average Bonchev–Trinajstić information content (AvgIpc) is 2.51. The molecule has 0 spiro atoms. The minimum absolute atomic E-state index is 0.0514. The predicted octanol–water partition coefficient (Wildman–Crippen LogP) is 1.98. The van der Waals surface area contributed by atoms with Crippen molar-refractivity contribution in [1.82, 2.24) is 5.43 Å². The molecule has 0 saturated heterocycles. The summed E-state index contributed by atoms with van der Waals surface area (Å²) in [6.07, 6.45) is -5.46. The quantitative estimate of drug-likeness (QED) is 0.425. The number of hydrazine groups is 1. The molecular weight excluding hydrogens is 331 g/mol. The zero-order valence-electron chi connectivity index (χ0n) is 12.6. The monoisotopic (exact) mass is 351 g/mol. The number of alkyl halides is 3. The number of carbonyl (C=O) groups is 1. The zero-order valence-corrected chi connectivity index (χ0v) is 13.4. The smallest absolute Gasteiger partial charge is 0.382 e. The van der Waals surface area contributed by atoms with Crippen molar-refractivity contribution >= 4 is 23.4 Å². The van der Waals surface area contributed by atoms with E-state index >= 15 is 0 Å². The molecule has 0 aromatic heterocycles. The normalized spacial score (nSPS) is 14.2. The number of rotatable bonds is 8. The first-order valence-corrected chi connectivity index (χ1v) is 8.15. The fraction of sp³-hybridized carbons (Fsp3) is 0.500. The second kappa shape index (κ2) is 8.99. The van der Waals surface area contributed by atoms with Crippen molar-refractivity contribution in [3.8, 4) is 0 Å². The first-order valence-electron chi connectivity index (χ1n) is 7.00. The number of aliphatic hydroxyl groups excluding tert-OH is 1. The lowest BCUT2D eigenvalue weighted by Crippen LogP contribution is -2.48. The van der Waals surface area contributed by atoms with Crippen LogP contribution in [0, 0.1) is 0 Å². The highest BCUT2D eigenvalue weighted by atomic mass is 32.2. The molecule has 1 unspecified atom stereocenters. The van der Waals surface area contributed by atoms with E-state index in [1.54, 1.807) is 11.8 Å². The summed E-state index contributed by atoms with van der Waals surface area (Å²) in [6, 6.07) is 3.60. The van der Waals surface area contributed by atoms with Crippen LogP contribution in [0.3, 0.4) is 0 Å². The summed E-state index contributed by atoms with van der Waals surface area (Å²) in [5, 5.41) is 9.78. The van der Waals surface area contributed by atoms with E-state index in [-0.39, 0.29) is 5.69 Å². The van der Waals surface area contributed by atoms with Gasteiger partial charge in [0.2, 0.25) is 0 Å². The lowest BCUT2D eigenvalue weighted by molar-refractivity contribution is -0.137. The summed E-state index contributed by atoms with van der Waals surface area (Å²) >= 11 is 1.63. The number of amides is 1. The molecule has 5 nitrogen and oxygen atoms in total. The standard InChI is InChI=1S/C14H20F3N3O2S/c1-2-23-7-6-11(18)12(21)13(22)20-19-10-5-3-4-9(8-10)14(15,16)17/h3-5,8,11-12,19,21H,2,6-7,18H2,1H3,(H,20,22)/t11-,12?/m1/s1. The number of nitrogens with two attached hydrogens (primary N) is 1. The Bertz CT molecular complexity index is 514. The molecule has 130 valence electrons. The van der Waals surface area contributed by atoms with Gasteiger partial charge in [-0.25, -0.2) is 0 Å². The maximum Gasteiger partial charge on any atom is 0.416 e. The highest BCUT2D eigenvalue weighted by Crippen LogP contribution is 2.30. The third kappa shape index (κ3) is 6.67. The van der Waals surface area contributed by atoms with Crippen LogP contribution in [-0.2, 0) is 11.0 Å². The summed E-state index contributed by atoms with van der Waals surface area (Å²) in [7, 11) is 0. The van der Waals surface area contributed by atoms with Crippen molar-refractivity contribution < 1.29 is 23.1 Å². The Morgan fingerprint density at radius 3 is 2.74 bits per heavy atom. The van der Waals surface area contributed by atoms with Crippen molar-refractivity contribution in [2.24, 2.45) is 5.73 Å². The van der Waals surface area contributed by atoms with Gasteiger partial charge in [0.25, 0.3) is 5.91 Å². The summed E-state index contributed by atoms with van der Waals surface area (Å²) < 4.78 is 37.7. The molecule has 9 heteroatoms. The molecule has 1 amide bonds. The number of hydrogen-bond donors (Lipinski definition) is 4. The Labute approximate surface area is 136 Å².